The van der Waals surface area contributed by atoms with Crippen molar-refractivity contribution >= 4 is 5.91 Å². The van der Waals surface area contributed by atoms with E-state index in [1.54, 1.807) is 12.1 Å². The van der Waals surface area contributed by atoms with Crippen LogP contribution in [0.3, 0.4) is 0 Å². The highest BCUT2D eigenvalue weighted by molar-refractivity contribution is 5.95. The Hall–Kier alpha value is -1.75. The van der Waals surface area contributed by atoms with Gasteiger partial charge in [0.25, 0.3) is 5.91 Å². The highest BCUT2D eigenvalue weighted by Gasteiger charge is 2.28. The number of hydrogen-bond donors (Lipinski definition) is 1. The zero-order valence-electron chi connectivity index (χ0n) is 12.4. The summed E-state index contributed by atoms with van der Waals surface area (Å²) >= 11 is 0. The van der Waals surface area contributed by atoms with E-state index in [9.17, 15) is 4.79 Å². The van der Waals surface area contributed by atoms with Crippen LogP contribution in [0.4, 0.5) is 0 Å². The molecular formula is C16H22N2O3. The lowest BCUT2D eigenvalue weighted by Gasteiger charge is -2.35. The predicted molar refractivity (Wildman–Crippen MR) is 79.5 cm³/mol. The average molecular weight is 290 g/mol. The molecule has 0 saturated heterocycles. The Morgan fingerprint density at radius 2 is 1.95 bits per heavy atom. The molecule has 114 valence electrons. The third-order valence-corrected chi connectivity index (χ3v) is 4.40. The van der Waals surface area contributed by atoms with Crippen molar-refractivity contribution in [1.82, 2.24) is 4.90 Å². The molecule has 0 bridgehead atoms. The number of carbonyl (C=O) groups excluding carboxylic acids is 1. The Kier molecular flexibility index (Phi) is 4.01. The molecule has 0 atom stereocenters. The van der Waals surface area contributed by atoms with E-state index in [0.717, 1.165) is 25.7 Å². The monoisotopic (exact) mass is 290 g/mol. The number of ether oxygens (including phenoxy) is 2. The van der Waals surface area contributed by atoms with Crippen LogP contribution in [-0.2, 0) is 0 Å². The maximum absolute atomic E-state index is 12.8. The fourth-order valence-corrected chi connectivity index (χ4v) is 3.18. The number of nitrogens with two attached hydrogens (primary N) is 1. The molecule has 0 unspecified atom stereocenters. The Labute approximate surface area is 125 Å². The van der Waals surface area contributed by atoms with Gasteiger partial charge in [0.2, 0.25) is 6.79 Å². The SMILES string of the molecule is CCN(C(=O)c1ccc2c(c1)OCO2)C1CCC(N)CC1. The van der Waals surface area contributed by atoms with Crippen LogP contribution in [0.5, 0.6) is 11.5 Å². The second-order valence-corrected chi connectivity index (χ2v) is 5.73. The van der Waals surface area contributed by atoms with E-state index in [-0.39, 0.29) is 12.7 Å². The van der Waals surface area contributed by atoms with Crippen LogP contribution in [0.15, 0.2) is 18.2 Å². The lowest BCUT2D eigenvalue weighted by Crippen LogP contribution is -2.44. The van der Waals surface area contributed by atoms with Gasteiger partial charge in [-0.3, -0.25) is 4.79 Å². The van der Waals surface area contributed by atoms with Crippen LogP contribution in [0.1, 0.15) is 43.0 Å². The zero-order valence-corrected chi connectivity index (χ0v) is 12.4. The van der Waals surface area contributed by atoms with Gasteiger partial charge in [-0.25, -0.2) is 0 Å². The Bertz CT molecular complexity index is 524. The molecule has 5 heteroatoms. The van der Waals surface area contributed by atoms with E-state index in [4.69, 9.17) is 15.2 Å². The van der Waals surface area contributed by atoms with Crippen molar-refractivity contribution in [3.8, 4) is 11.5 Å². The third kappa shape index (κ3) is 2.83. The van der Waals surface area contributed by atoms with Gasteiger partial charge in [0.05, 0.1) is 0 Å². The molecule has 1 aliphatic heterocycles. The molecule has 1 fully saturated rings. The summed E-state index contributed by atoms with van der Waals surface area (Å²) in [7, 11) is 0. The van der Waals surface area contributed by atoms with Crippen LogP contribution in [0.2, 0.25) is 0 Å². The molecule has 2 aliphatic rings. The molecule has 1 aliphatic carbocycles. The predicted octanol–water partition coefficient (Wildman–Crippen LogP) is 2.15. The number of amides is 1. The minimum absolute atomic E-state index is 0.0660. The summed E-state index contributed by atoms with van der Waals surface area (Å²) in [5.41, 5.74) is 6.62. The van der Waals surface area contributed by atoms with Crippen LogP contribution in [-0.4, -0.2) is 36.2 Å². The Morgan fingerprint density at radius 1 is 1.24 bits per heavy atom. The number of rotatable bonds is 3. The molecule has 1 aromatic carbocycles. The molecule has 1 heterocycles. The quantitative estimate of drug-likeness (QED) is 0.926. The third-order valence-electron chi connectivity index (χ3n) is 4.40. The van der Waals surface area contributed by atoms with E-state index in [1.807, 2.05) is 17.9 Å². The van der Waals surface area contributed by atoms with Crippen LogP contribution in [0.25, 0.3) is 0 Å². The number of carbonyl (C=O) groups is 1. The molecule has 5 nitrogen and oxygen atoms in total. The minimum atomic E-state index is 0.0660. The molecule has 1 saturated carbocycles. The van der Waals surface area contributed by atoms with Gasteiger partial charge < -0.3 is 20.1 Å². The van der Waals surface area contributed by atoms with Gasteiger partial charge in [-0.05, 0) is 50.8 Å². The molecular weight excluding hydrogens is 268 g/mol. The maximum Gasteiger partial charge on any atom is 0.254 e. The van der Waals surface area contributed by atoms with E-state index in [1.165, 1.54) is 0 Å². The highest BCUT2D eigenvalue weighted by atomic mass is 16.7. The largest absolute Gasteiger partial charge is 0.454 e. The van der Waals surface area contributed by atoms with Gasteiger partial charge in [0.1, 0.15) is 0 Å². The second kappa shape index (κ2) is 5.93. The van der Waals surface area contributed by atoms with Crippen LogP contribution < -0.4 is 15.2 Å². The normalized spacial score (nSPS) is 23.9. The summed E-state index contributed by atoms with van der Waals surface area (Å²) in [5.74, 6) is 1.43. The van der Waals surface area contributed by atoms with Gasteiger partial charge in [0.15, 0.2) is 11.5 Å². The molecule has 21 heavy (non-hydrogen) atoms. The summed E-state index contributed by atoms with van der Waals surface area (Å²) in [6, 6.07) is 5.99. The molecule has 0 radical (unpaired) electrons. The van der Waals surface area contributed by atoms with Gasteiger partial charge in [-0.2, -0.15) is 0 Å². The van der Waals surface area contributed by atoms with Gasteiger partial charge in [0, 0.05) is 24.2 Å². The fourth-order valence-electron chi connectivity index (χ4n) is 3.18. The lowest BCUT2D eigenvalue weighted by molar-refractivity contribution is 0.0640. The number of fused-ring (bicyclic) bond motifs is 1. The molecule has 1 amide bonds. The van der Waals surface area contributed by atoms with Crippen molar-refractivity contribution in [2.45, 2.75) is 44.7 Å². The van der Waals surface area contributed by atoms with Crippen LogP contribution >= 0.6 is 0 Å². The lowest BCUT2D eigenvalue weighted by atomic mass is 9.90. The van der Waals surface area contributed by atoms with Crippen LogP contribution in [0, 0.1) is 0 Å². The standard InChI is InChI=1S/C16H22N2O3/c1-2-18(13-6-4-12(17)5-7-13)16(19)11-3-8-14-15(9-11)21-10-20-14/h3,8-9,12-13H,2,4-7,10,17H2,1H3. The molecule has 2 N–H and O–H groups in total. The van der Waals surface area contributed by atoms with E-state index in [2.05, 4.69) is 0 Å². The van der Waals surface area contributed by atoms with E-state index in [0.29, 0.717) is 35.7 Å². The highest BCUT2D eigenvalue weighted by Crippen LogP contribution is 2.33. The summed E-state index contributed by atoms with van der Waals surface area (Å²) in [6.45, 7) is 2.97. The first-order valence-electron chi connectivity index (χ1n) is 7.65. The molecule has 0 spiro atoms. The van der Waals surface area contributed by atoms with Crippen molar-refractivity contribution in [2.75, 3.05) is 13.3 Å². The summed E-state index contributed by atoms with van der Waals surface area (Å²) in [5, 5.41) is 0. The Morgan fingerprint density at radius 3 is 2.67 bits per heavy atom. The maximum atomic E-state index is 12.8. The fraction of sp³-hybridized carbons (Fsp3) is 0.562. The summed E-state index contributed by atoms with van der Waals surface area (Å²) < 4.78 is 10.6. The average Bonchev–Trinajstić information content (AvgIpc) is 2.97. The first kappa shape index (κ1) is 14.2. The van der Waals surface area contributed by atoms with Gasteiger partial charge in [-0.15, -0.1) is 0 Å². The smallest absolute Gasteiger partial charge is 0.254 e. The topological polar surface area (TPSA) is 64.8 Å². The second-order valence-electron chi connectivity index (χ2n) is 5.73. The zero-order chi connectivity index (χ0) is 14.8. The van der Waals surface area contributed by atoms with Crippen molar-refractivity contribution < 1.29 is 14.3 Å². The van der Waals surface area contributed by atoms with Crippen molar-refractivity contribution in [3.63, 3.8) is 0 Å². The molecule has 0 aromatic heterocycles. The summed E-state index contributed by atoms with van der Waals surface area (Å²) in [4.78, 5) is 14.7. The first-order valence-corrected chi connectivity index (χ1v) is 7.65. The van der Waals surface area contributed by atoms with Crippen molar-refractivity contribution in [2.24, 2.45) is 5.73 Å². The molecule has 3 rings (SSSR count). The summed E-state index contributed by atoms with van der Waals surface area (Å²) in [6.07, 6.45) is 3.97. The van der Waals surface area contributed by atoms with Gasteiger partial charge in [-0.1, -0.05) is 0 Å². The first-order chi connectivity index (χ1) is 10.2. The van der Waals surface area contributed by atoms with Crippen molar-refractivity contribution in [1.29, 1.82) is 0 Å². The van der Waals surface area contributed by atoms with E-state index < -0.39 is 0 Å². The van der Waals surface area contributed by atoms with Crippen molar-refractivity contribution in [3.05, 3.63) is 23.8 Å². The minimum Gasteiger partial charge on any atom is -0.454 e. The Balaban J connectivity index is 1.76. The molecule has 1 aromatic rings. The van der Waals surface area contributed by atoms with E-state index >= 15 is 0 Å². The number of benzene rings is 1. The van der Waals surface area contributed by atoms with Gasteiger partial charge >= 0.3 is 0 Å². The number of nitrogens with zero attached hydrogens (tertiary/aromatic N) is 1. The number of hydrogen-bond acceptors (Lipinski definition) is 4.